The van der Waals surface area contributed by atoms with Gasteiger partial charge in [0, 0.05) is 16.8 Å². The highest BCUT2D eigenvalue weighted by molar-refractivity contribution is 6.35. The van der Waals surface area contributed by atoms with Gasteiger partial charge < -0.3 is 20.7 Å². The summed E-state index contributed by atoms with van der Waals surface area (Å²) >= 11 is 6.20. The van der Waals surface area contributed by atoms with Crippen molar-refractivity contribution in [2.75, 3.05) is 0 Å². The molecular formula is C24H30ClN5O3. The number of benzene rings is 1. The van der Waals surface area contributed by atoms with Crippen molar-refractivity contribution < 1.29 is 14.7 Å². The first-order chi connectivity index (χ1) is 15.6. The van der Waals surface area contributed by atoms with Crippen molar-refractivity contribution in [1.82, 2.24) is 20.9 Å². The van der Waals surface area contributed by atoms with Gasteiger partial charge in [0.05, 0.1) is 16.6 Å². The average molecular weight is 472 g/mol. The van der Waals surface area contributed by atoms with Crippen molar-refractivity contribution in [3.63, 3.8) is 0 Å². The molecule has 1 aromatic heterocycles. The van der Waals surface area contributed by atoms with Gasteiger partial charge in [-0.15, -0.1) is 0 Å². The molecule has 9 heteroatoms. The molecule has 8 nitrogen and oxygen atoms in total. The number of para-hydroxylation sites is 1. The van der Waals surface area contributed by atoms with Gasteiger partial charge in [-0.1, -0.05) is 36.6 Å². The van der Waals surface area contributed by atoms with E-state index in [1.807, 2.05) is 26.0 Å². The number of aliphatic hydroxyl groups is 1. The summed E-state index contributed by atoms with van der Waals surface area (Å²) < 4.78 is 0. The van der Waals surface area contributed by atoms with Crippen LogP contribution in [0.5, 0.6) is 0 Å². The van der Waals surface area contributed by atoms with Crippen LogP contribution in [0.25, 0.3) is 10.9 Å². The highest BCUT2D eigenvalue weighted by atomic mass is 35.5. The molecule has 0 bridgehead atoms. The molecule has 1 aliphatic carbocycles. The van der Waals surface area contributed by atoms with Gasteiger partial charge in [0.25, 0.3) is 5.91 Å². The Morgan fingerprint density at radius 2 is 2.06 bits per heavy atom. The second-order valence-electron chi connectivity index (χ2n) is 9.96. The normalized spacial score (nSPS) is 23.6. The maximum Gasteiger partial charge on any atom is 0.268 e. The topological polar surface area (TPSA) is 130 Å². The lowest BCUT2D eigenvalue weighted by atomic mass is 9.91. The van der Waals surface area contributed by atoms with Crippen molar-refractivity contribution in [2.45, 2.75) is 69.8 Å². The van der Waals surface area contributed by atoms with Crippen LogP contribution in [-0.2, 0) is 4.79 Å². The van der Waals surface area contributed by atoms with Crippen molar-refractivity contribution in [3.05, 3.63) is 35.0 Å². The molecular weight excluding hydrogens is 442 g/mol. The van der Waals surface area contributed by atoms with E-state index >= 15 is 0 Å². The second-order valence-corrected chi connectivity index (χ2v) is 10.4. The molecule has 2 heterocycles. The lowest BCUT2D eigenvalue weighted by Crippen LogP contribution is -2.50. The van der Waals surface area contributed by atoms with E-state index < -0.39 is 24.2 Å². The zero-order valence-corrected chi connectivity index (χ0v) is 19.6. The number of nitrogens with one attached hydrogen (secondary N) is 4. The molecule has 176 valence electrons. The maximum atomic E-state index is 13.1. The summed E-state index contributed by atoms with van der Waals surface area (Å²) in [4.78, 5) is 29.0. The van der Waals surface area contributed by atoms with E-state index in [1.54, 1.807) is 12.1 Å². The molecule has 1 aliphatic heterocycles. The van der Waals surface area contributed by atoms with Crippen LogP contribution in [0.3, 0.4) is 0 Å². The summed E-state index contributed by atoms with van der Waals surface area (Å²) in [6.07, 6.45) is 2.90. The fourth-order valence-electron chi connectivity index (χ4n) is 4.67. The Balaban J connectivity index is 1.42. The van der Waals surface area contributed by atoms with Gasteiger partial charge in [-0.25, -0.2) is 0 Å². The monoisotopic (exact) mass is 471 g/mol. The minimum atomic E-state index is -0.752. The Morgan fingerprint density at radius 1 is 1.30 bits per heavy atom. The van der Waals surface area contributed by atoms with Gasteiger partial charge in [-0.05, 0) is 51.2 Å². The zero-order valence-electron chi connectivity index (χ0n) is 18.8. The number of nitriles is 1. The molecule has 2 fully saturated rings. The van der Waals surface area contributed by atoms with Crippen LogP contribution in [0.4, 0.5) is 0 Å². The van der Waals surface area contributed by atoms with Crippen LogP contribution in [0.1, 0.15) is 56.4 Å². The number of amides is 2. The van der Waals surface area contributed by atoms with Crippen molar-refractivity contribution in [3.8, 4) is 6.07 Å². The minimum absolute atomic E-state index is 0.141. The van der Waals surface area contributed by atoms with Gasteiger partial charge in [-0.3, -0.25) is 14.9 Å². The molecule has 1 saturated carbocycles. The summed E-state index contributed by atoms with van der Waals surface area (Å²) in [5.41, 5.74) is 0.772. The molecule has 2 aromatic rings. The fourth-order valence-corrected chi connectivity index (χ4v) is 4.90. The van der Waals surface area contributed by atoms with E-state index in [0.717, 1.165) is 18.2 Å². The first-order valence-corrected chi connectivity index (χ1v) is 11.8. The van der Waals surface area contributed by atoms with Gasteiger partial charge >= 0.3 is 0 Å². The zero-order chi connectivity index (χ0) is 23.8. The first kappa shape index (κ1) is 23.6. The van der Waals surface area contributed by atoms with E-state index in [9.17, 15) is 20.0 Å². The Hall–Kier alpha value is -2.60. The number of nitrogens with zero attached hydrogens (tertiary/aromatic N) is 1. The smallest absolute Gasteiger partial charge is 0.268 e. The SMILES string of the molecule is CC1(C)CC(C[C@@H](C#N)NC(=O)[C@H](CC2CC2)NC(=O)c2cc3cccc(Cl)c3[nH]2)C(O)N1. The summed E-state index contributed by atoms with van der Waals surface area (Å²) in [6, 6.07) is 7.75. The van der Waals surface area contributed by atoms with Crippen LogP contribution in [0.2, 0.25) is 5.02 Å². The molecule has 1 saturated heterocycles. The molecule has 0 spiro atoms. The third kappa shape index (κ3) is 5.67. The number of halogens is 1. The second kappa shape index (κ2) is 9.34. The summed E-state index contributed by atoms with van der Waals surface area (Å²) in [5, 5.41) is 29.9. The lowest BCUT2D eigenvalue weighted by Gasteiger charge is -2.22. The Morgan fingerprint density at radius 3 is 2.67 bits per heavy atom. The number of rotatable bonds is 8. The van der Waals surface area contributed by atoms with E-state index in [2.05, 4.69) is 27.0 Å². The molecule has 0 radical (unpaired) electrons. The van der Waals surface area contributed by atoms with E-state index in [-0.39, 0.29) is 17.4 Å². The summed E-state index contributed by atoms with van der Waals surface area (Å²) in [6.45, 7) is 3.99. The third-order valence-corrected chi connectivity index (χ3v) is 6.82. The third-order valence-electron chi connectivity index (χ3n) is 6.51. The number of aliphatic hydroxyl groups excluding tert-OH is 1. The standard InChI is InChI=1S/C24H30ClN5O3/c1-24(2)11-15(21(31)30-24)9-16(12-26)27-22(32)18(8-13-6-7-13)29-23(33)19-10-14-4-3-5-17(25)20(14)28-19/h3-5,10,13,15-16,18,21,28,30-31H,6-9,11H2,1-2H3,(H,27,32)(H,29,33)/t15?,16-,18-,21?/m0/s1. The number of aromatic amines is 1. The highest BCUT2D eigenvalue weighted by Gasteiger charge is 2.39. The predicted molar refractivity (Wildman–Crippen MR) is 125 cm³/mol. The minimum Gasteiger partial charge on any atom is -0.378 e. The van der Waals surface area contributed by atoms with Crippen LogP contribution in [-0.4, -0.2) is 45.8 Å². The fraction of sp³-hybridized carbons (Fsp3) is 0.542. The maximum absolute atomic E-state index is 13.1. The molecule has 33 heavy (non-hydrogen) atoms. The number of carbonyl (C=O) groups excluding carboxylic acids is 2. The van der Waals surface area contributed by atoms with Crippen LogP contribution >= 0.6 is 11.6 Å². The molecule has 2 aliphatic rings. The van der Waals surface area contributed by atoms with Crippen molar-refractivity contribution in [2.24, 2.45) is 11.8 Å². The van der Waals surface area contributed by atoms with Gasteiger partial charge in [0.15, 0.2) is 0 Å². The number of hydrogen-bond donors (Lipinski definition) is 5. The molecule has 5 N–H and O–H groups in total. The molecule has 1 aromatic carbocycles. The van der Waals surface area contributed by atoms with Gasteiger partial charge in [-0.2, -0.15) is 5.26 Å². The summed E-state index contributed by atoms with van der Waals surface area (Å²) in [5.74, 6) is -0.526. The Kier molecular flexibility index (Phi) is 6.66. The number of aromatic nitrogens is 1. The number of fused-ring (bicyclic) bond motifs is 1. The lowest BCUT2D eigenvalue weighted by molar-refractivity contribution is -0.123. The van der Waals surface area contributed by atoms with Crippen LogP contribution < -0.4 is 16.0 Å². The molecule has 2 unspecified atom stereocenters. The number of H-pyrrole nitrogens is 1. The predicted octanol–water partition coefficient (Wildman–Crippen LogP) is 2.82. The van der Waals surface area contributed by atoms with E-state index in [1.165, 1.54) is 0 Å². The Labute approximate surface area is 198 Å². The number of hydrogen-bond acceptors (Lipinski definition) is 5. The molecule has 2 amide bonds. The number of carbonyl (C=O) groups is 2. The van der Waals surface area contributed by atoms with Crippen molar-refractivity contribution in [1.29, 1.82) is 5.26 Å². The van der Waals surface area contributed by atoms with E-state index in [4.69, 9.17) is 11.6 Å². The van der Waals surface area contributed by atoms with Crippen LogP contribution in [0, 0.1) is 23.2 Å². The quantitative estimate of drug-likeness (QED) is 0.404. The van der Waals surface area contributed by atoms with Gasteiger partial charge in [0.1, 0.15) is 24.0 Å². The Bertz CT molecular complexity index is 1090. The molecule has 4 atom stereocenters. The molecule has 4 rings (SSSR count). The van der Waals surface area contributed by atoms with Gasteiger partial charge in [0.2, 0.25) is 5.91 Å². The van der Waals surface area contributed by atoms with E-state index in [0.29, 0.717) is 41.4 Å². The largest absolute Gasteiger partial charge is 0.378 e. The average Bonchev–Trinajstić information content (AvgIpc) is 3.38. The van der Waals surface area contributed by atoms with Crippen molar-refractivity contribution >= 4 is 34.3 Å². The first-order valence-electron chi connectivity index (χ1n) is 11.4. The summed E-state index contributed by atoms with van der Waals surface area (Å²) in [7, 11) is 0. The highest BCUT2D eigenvalue weighted by Crippen LogP contribution is 2.34. The van der Waals surface area contributed by atoms with Crippen LogP contribution in [0.15, 0.2) is 24.3 Å².